The van der Waals surface area contributed by atoms with Gasteiger partial charge in [0, 0.05) is 26.2 Å². The maximum Gasteiger partial charge on any atom is 0.141 e. The van der Waals surface area contributed by atoms with Crippen LogP contribution in [0.1, 0.15) is 11.1 Å². The van der Waals surface area contributed by atoms with Crippen molar-refractivity contribution in [3.8, 4) is 5.75 Å². The van der Waals surface area contributed by atoms with E-state index in [1.807, 2.05) is 6.07 Å². The van der Waals surface area contributed by atoms with Crippen molar-refractivity contribution in [1.29, 1.82) is 0 Å². The third kappa shape index (κ3) is 3.67. The largest absolute Gasteiger partial charge is 0.496 e. The molecule has 0 radical (unpaired) electrons. The Morgan fingerprint density at radius 3 is 2.44 bits per heavy atom. The summed E-state index contributed by atoms with van der Waals surface area (Å²) in [4.78, 5) is 7.45. The van der Waals surface area contributed by atoms with E-state index in [0.717, 1.165) is 49.0 Å². The van der Waals surface area contributed by atoms with Crippen LogP contribution in [0.2, 0.25) is 0 Å². The van der Waals surface area contributed by atoms with Gasteiger partial charge in [0.25, 0.3) is 0 Å². The van der Waals surface area contributed by atoms with Crippen LogP contribution < -0.4 is 10.1 Å². The minimum atomic E-state index is 0.859. The summed E-state index contributed by atoms with van der Waals surface area (Å²) in [5, 5.41) is 5.79. The molecule has 138 valence electrons. The van der Waals surface area contributed by atoms with Crippen molar-refractivity contribution in [2.24, 2.45) is 4.99 Å². The Labute approximate surface area is 160 Å². The number of piperazine rings is 1. The first-order valence-electron chi connectivity index (χ1n) is 9.43. The molecule has 1 saturated heterocycles. The van der Waals surface area contributed by atoms with E-state index < -0.39 is 0 Å². The molecule has 3 aromatic rings. The van der Waals surface area contributed by atoms with E-state index >= 15 is 0 Å². The maximum atomic E-state index is 5.76. The van der Waals surface area contributed by atoms with E-state index in [0.29, 0.717) is 0 Å². The van der Waals surface area contributed by atoms with Gasteiger partial charge in [-0.1, -0.05) is 48.0 Å². The number of aryl methyl sites for hydroxylation is 1. The fourth-order valence-electron chi connectivity index (χ4n) is 3.56. The van der Waals surface area contributed by atoms with E-state index in [-0.39, 0.29) is 0 Å². The number of nitrogens with zero attached hydrogens (tertiary/aromatic N) is 2. The highest BCUT2D eigenvalue weighted by Gasteiger charge is 2.22. The van der Waals surface area contributed by atoms with Crippen LogP contribution >= 0.6 is 0 Å². The van der Waals surface area contributed by atoms with Crippen LogP contribution in [0.5, 0.6) is 5.75 Å². The minimum absolute atomic E-state index is 0.859. The van der Waals surface area contributed by atoms with Crippen molar-refractivity contribution in [3.63, 3.8) is 0 Å². The van der Waals surface area contributed by atoms with E-state index in [2.05, 4.69) is 71.7 Å². The van der Waals surface area contributed by atoms with Gasteiger partial charge in [-0.05, 0) is 35.9 Å². The van der Waals surface area contributed by atoms with Crippen LogP contribution in [0.4, 0.5) is 5.69 Å². The summed E-state index contributed by atoms with van der Waals surface area (Å²) in [6.45, 7) is 5.87. The molecule has 1 N–H and O–H groups in total. The van der Waals surface area contributed by atoms with E-state index in [4.69, 9.17) is 9.73 Å². The van der Waals surface area contributed by atoms with Crippen LogP contribution in [0.15, 0.2) is 65.7 Å². The van der Waals surface area contributed by atoms with Crippen molar-refractivity contribution < 1.29 is 4.74 Å². The fourth-order valence-corrected chi connectivity index (χ4v) is 3.56. The summed E-state index contributed by atoms with van der Waals surface area (Å²) in [7, 11) is 1.73. The standard InChI is InChI=1S/C23H25N3O/c1-17-7-10-19(11-8-17)25-23(26-15-13-24-14-16-26)22-20-6-4-3-5-18(20)9-12-21(22)27-2/h3-12,24H,13-16H2,1-2H3. The van der Waals surface area contributed by atoms with Crippen LogP contribution in [-0.4, -0.2) is 44.0 Å². The Morgan fingerprint density at radius 1 is 0.963 bits per heavy atom. The number of ether oxygens (including phenoxy) is 1. The number of amidine groups is 1. The SMILES string of the molecule is COc1ccc2ccccc2c1C(=Nc1ccc(C)cc1)N1CCNCC1. The molecule has 0 aromatic heterocycles. The second kappa shape index (κ2) is 7.80. The lowest BCUT2D eigenvalue weighted by molar-refractivity contribution is 0.356. The normalized spacial score (nSPS) is 15.2. The van der Waals surface area contributed by atoms with E-state index in [1.54, 1.807) is 7.11 Å². The summed E-state index contributed by atoms with van der Waals surface area (Å²) in [5.74, 6) is 1.84. The van der Waals surface area contributed by atoms with Gasteiger partial charge in [0.05, 0.1) is 18.4 Å². The second-order valence-corrected chi connectivity index (χ2v) is 6.87. The molecule has 1 heterocycles. The smallest absolute Gasteiger partial charge is 0.141 e. The van der Waals surface area contributed by atoms with Crippen molar-refractivity contribution in [1.82, 2.24) is 10.2 Å². The Hall–Kier alpha value is -2.85. The molecule has 3 aromatic carbocycles. The highest BCUT2D eigenvalue weighted by Crippen LogP contribution is 2.31. The number of hydrogen-bond donors (Lipinski definition) is 1. The quantitative estimate of drug-likeness (QED) is 0.564. The van der Waals surface area contributed by atoms with Gasteiger partial charge in [0.15, 0.2) is 0 Å². The van der Waals surface area contributed by atoms with Crippen LogP contribution in [0.25, 0.3) is 10.8 Å². The lowest BCUT2D eigenvalue weighted by atomic mass is 10.0. The topological polar surface area (TPSA) is 36.9 Å². The van der Waals surface area contributed by atoms with Gasteiger partial charge in [-0.25, -0.2) is 4.99 Å². The molecule has 27 heavy (non-hydrogen) atoms. The molecule has 1 aliphatic rings. The Balaban J connectivity index is 1.93. The molecule has 0 unspecified atom stereocenters. The predicted molar refractivity (Wildman–Crippen MR) is 112 cm³/mol. The first kappa shape index (κ1) is 17.6. The van der Waals surface area contributed by atoms with Gasteiger partial charge in [-0.2, -0.15) is 0 Å². The first-order chi connectivity index (χ1) is 13.3. The van der Waals surface area contributed by atoms with Gasteiger partial charge in [0.1, 0.15) is 11.6 Å². The Morgan fingerprint density at radius 2 is 1.70 bits per heavy atom. The summed E-state index contributed by atoms with van der Waals surface area (Å²) in [5.41, 5.74) is 3.27. The number of methoxy groups -OCH3 is 1. The monoisotopic (exact) mass is 359 g/mol. The molecule has 0 spiro atoms. The van der Waals surface area contributed by atoms with Gasteiger partial charge in [-0.3, -0.25) is 0 Å². The third-order valence-corrected chi connectivity index (χ3v) is 5.02. The number of aliphatic imine (C=N–C) groups is 1. The maximum absolute atomic E-state index is 5.76. The van der Waals surface area contributed by atoms with Crippen molar-refractivity contribution in [2.75, 3.05) is 33.3 Å². The molecule has 1 fully saturated rings. The summed E-state index contributed by atoms with van der Waals surface area (Å²) in [6, 6.07) is 21.0. The van der Waals surface area contributed by atoms with E-state index in [1.165, 1.54) is 16.3 Å². The molecule has 0 amide bonds. The number of rotatable bonds is 3. The average Bonchev–Trinajstić information content (AvgIpc) is 2.73. The minimum Gasteiger partial charge on any atom is -0.496 e. The lowest BCUT2D eigenvalue weighted by Crippen LogP contribution is -2.46. The average molecular weight is 359 g/mol. The second-order valence-electron chi connectivity index (χ2n) is 6.87. The molecule has 4 rings (SSSR count). The molecule has 4 heteroatoms. The summed E-state index contributed by atoms with van der Waals surface area (Å²) in [6.07, 6.45) is 0. The molecule has 0 aliphatic carbocycles. The molecule has 0 saturated carbocycles. The van der Waals surface area contributed by atoms with Crippen LogP contribution in [-0.2, 0) is 0 Å². The molecule has 0 atom stereocenters. The molecule has 0 bridgehead atoms. The predicted octanol–water partition coefficient (Wildman–Crippen LogP) is 4.14. The molecule has 1 aliphatic heterocycles. The summed E-state index contributed by atoms with van der Waals surface area (Å²) >= 11 is 0. The highest BCUT2D eigenvalue weighted by atomic mass is 16.5. The Kier molecular flexibility index (Phi) is 5.07. The number of fused-ring (bicyclic) bond motifs is 1. The third-order valence-electron chi connectivity index (χ3n) is 5.02. The molecular formula is C23H25N3O. The van der Waals surface area contributed by atoms with Gasteiger partial charge in [-0.15, -0.1) is 0 Å². The molecule has 4 nitrogen and oxygen atoms in total. The van der Waals surface area contributed by atoms with E-state index in [9.17, 15) is 0 Å². The van der Waals surface area contributed by atoms with Gasteiger partial charge < -0.3 is 15.0 Å². The zero-order valence-corrected chi connectivity index (χ0v) is 15.9. The highest BCUT2D eigenvalue weighted by molar-refractivity contribution is 6.12. The fraction of sp³-hybridized carbons (Fsp3) is 0.261. The number of benzene rings is 3. The van der Waals surface area contributed by atoms with Crippen LogP contribution in [0, 0.1) is 6.92 Å². The lowest BCUT2D eigenvalue weighted by Gasteiger charge is -2.31. The van der Waals surface area contributed by atoms with Crippen LogP contribution in [0.3, 0.4) is 0 Å². The van der Waals surface area contributed by atoms with Gasteiger partial charge >= 0.3 is 0 Å². The van der Waals surface area contributed by atoms with Crippen molar-refractivity contribution in [3.05, 3.63) is 71.8 Å². The zero-order valence-electron chi connectivity index (χ0n) is 15.9. The zero-order chi connectivity index (χ0) is 18.6. The number of hydrogen-bond acceptors (Lipinski definition) is 3. The summed E-state index contributed by atoms with van der Waals surface area (Å²) < 4.78 is 5.76. The number of nitrogens with one attached hydrogen (secondary N) is 1. The Bertz CT molecular complexity index is 957. The first-order valence-corrected chi connectivity index (χ1v) is 9.43. The van der Waals surface area contributed by atoms with Gasteiger partial charge in [0.2, 0.25) is 0 Å². The molecular weight excluding hydrogens is 334 g/mol. The van der Waals surface area contributed by atoms with Crippen molar-refractivity contribution >= 4 is 22.3 Å². The van der Waals surface area contributed by atoms with Crippen molar-refractivity contribution in [2.45, 2.75) is 6.92 Å².